The van der Waals surface area contributed by atoms with E-state index in [2.05, 4.69) is 16.8 Å². The molecule has 150 valence electrons. The van der Waals surface area contributed by atoms with Gasteiger partial charge in [-0.1, -0.05) is 19.3 Å². The minimum Gasteiger partial charge on any atom is -0.366 e. The van der Waals surface area contributed by atoms with Crippen LogP contribution in [0.5, 0.6) is 0 Å². The lowest BCUT2D eigenvalue weighted by Gasteiger charge is -2.26. The third kappa shape index (κ3) is 4.57. The number of hydrogen-bond donors (Lipinski definition) is 2. The molecule has 0 spiro atoms. The molecule has 29 heavy (non-hydrogen) atoms. The van der Waals surface area contributed by atoms with Crippen LogP contribution in [0.25, 0.3) is 6.08 Å². The van der Waals surface area contributed by atoms with Crippen molar-refractivity contribution in [3.05, 3.63) is 58.4 Å². The van der Waals surface area contributed by atoms with E-state index in [1.165, 1.54) is 44.2 Å². The Morgan fingerprint density at radius 3 is 2.41 bits per heavy atom. The molecule has 6 heteroatoms. The Morgan fingerprint density at radius 2 is 1.83 bits per heavy atom. The van der Waals surface area contributed by atoms with E-state index in [1.54, 1.807) is 18.2 Å². The number of aryl methyl sites for hydroxylation is 1. The van der Waals surface area contributed by atoms with Crippen molar-refractivity contribution in [2.75, 3.05) is 5.32 Å². The van der Waals surface area contributed by atoms with E-state index >= 15 is 0 Å². The molecule has 0 bridgehead atoms. The fraction of sp³-hybridized carbons (Fsp3) is 0.348. The molecule has 0 aliphatic heterocycles. The Kier molecular flexibility index (Phi) is 6.18. The fourth-order valence-corrected chi connectivity index (χ4v) is 4.07. The topological polar surface area (TPSA) is 101 Å². The van der Waals surface area contributed by atoms with E-state index in [9.17, 15) is 14.9 Å². The van der Waals surface area contributed by atoms with Gasteiger partial charge in [-0.25, -0.2) is 0 Å². The zero-order valence-electron chi connectivity index (χ0n) is 16.9. The Labute approximate surface area is 171 Å². The molecular formula is C23H26N4O2. The van der Waals surface area contributed by atoms with Crippen molar-refractivity contribution >= 4 is 23.6 Å². The van der Waals surface area contributed by atoms with Crippen LogP contribution in [-0.2, 0) is 4.79 Å². The van der Waals surface area contributed by atoms with E-state index in [-0.39, 0.29) is 5.57 Å². The molecule has 0 saturated heterocycles. The van der Waals surface area contributed by atoms with Crippen molar-refractivity contribution in [2.24, 2.45) is 5.73 Å². The molecule has 3 N–H and O–H groups in total. The van der Waals surface area contributed by atoms with E-state index in [1.807, 2.05) is 19.1 Å². The average molecular weight is 390 g/mol. The Hall–Kier alpha value is -3.33. The lowest BCUT2D eigenvalue weighted by atomic mass is 9.95. The summed E-state index contributed by atoms with van der Waals surface area (Å²) in [4.78, 5) is 23.7. The number of rotatable bonds is 5. The van der Waals surface area contributed by atoms with Crippen molar-refractivity contribution < 1.29 is 9.59 Å². The van der Waals surface area contributed by atoms with Crippen LogP contribution in [0.3, 0.4) is 0 Å². The molecule has 2 aromatic rings. The summed E-state index contributed by atoms with van der Waals surface area (Å²) in [5.41, 5.74) is 9.24. The van der Waals surface area contributed by atoms with Crippen LogP contribution in [0.2, 0.25) is 0 Å². The number of nitrogens with two attached hydrogens (primary N) is 1. The van der Waals surface area contributed by atoms with Gasteiger partial charge < -0.3 is 15.6 Å². The zero-order valence-corrected chi connectivity index (χ0v) is 16.9. The maximum atomic E-state index is 12.6. The van der Waals surface area contributed by atoms with E-state index in [4.69, 9.17) is 5.73 Å². The molecule has 2 amide bonds. The van der Waals surface area contributed by atoms with Gasteiger partial charge in [0.2, 0.25) is 5.91 Å². The van der Waals surface area contributed by atoms with Crippen LogP contribution >= 0.6 is 0 Å². The quantitative estimate of drug-likeness (QED) is 0.589. The van der Waals surface area contributed by atoms with Gasteiger partial charge in [-0.3, -0.25) is 9.59 Å². The molecule has 3 rings (SSSR count). The molecule has 1 aromatic carbocycles. The number of carbonyl (C=O) groups excluding carboxylic acids is 2. The first-order chi connectivity index (χ1) is 13.9. The maximum absolute atomic E-state index is 12.6. The maximum Gasteiger partial charge on any atom is 0.266 e. The Morgan fingerprint density at radius 1 is 1.17 bits per heavy atom. The number of nitrogens with zero attached hydrogens (tertiary/aromatic N) is 2. The lowest BCUT2D eigenvalue weighted by molar-refractivity contribution is -0.112. The second-order valence-corrected chi connectivity index (χ2v) is 7.55. The molecule has 0 unspecified atom stereocenters. The summed E-state index contributed by atoms with van der Waals surface area (Å²) in [6.45, 7) is 4.12. The van der Waals surface area contributed by atoms with Gasteiger partial charge in [-0.15, -0.1) is 0 Å². The number of hydrogen-bond acceptors (Lipinski definition) is 3. The monoisotopic (exact) mass is 390 g/mol. The predicted octanol–water partition coefficient (Wildman–Crippen LogP) is 4.25. The van der Waals surface area contributed by atoms with Crippen molar-refractivity contribution in [1.29, 1.82) is 5.26 Å². The summed E-state index contributed by atoms with van der Waals surface area (Å²) >= 11 is 0. The van der Waals surface area contributed by atoms with Crippen LogP contribution in [0.4, 0.5) is 5.69 Å². The minimum absolute atomic E-state index is 0.0351. The highest BCUT2D eigenvalue weighted by Crippen LogP contribution is 2.32. The van der Waals surface area contributed by atoms with E-state index in [0.717, 1.165) is 17.0 Å². The van der Waals surface area contributed by atoms with Gasteiger partial charge in [0.25, 0.3) is 5.91 Å². The standard InChI is InChI=1S/C23H26N4O2/c1-15-12-18(16(2)27(15)21-6-4-3-5-7-21)13-19(14-24)23(29)26-20-10-8-17(9-11-20)22(25)28/h8-13,21H,3-7H2,1-2H3,(H2,25,28)(H,26,29)/b19-13+. The van der Waals surface area contributed by atoms with E-state index < -0.39 is 11.8 Å². The van der Waals surface area contributed by atoms with Gasteiger partial charge in [0.15, 0.2) is 0 Å². The van der Waals surface area contributed by atoms with E-state index in [0.29, 0.717) is 17.3 Å². The fourth-order valence-electron chi connectivity index (χ4n) is 4.07. The Bertz CT molecular complexity index is 987. The number of primary amides is 1. The number of nitriles is 1. The summed E-state index contributed by atoms with van der Waals surface area (Å²) in [6, 6.07) is 10.8. The summed E-state index contributed by atoms with van der Waals surface area (Å²) in [5.74, 6) is -1.02. The smallest absolute Gasteiger partial charge is 0.266 e. The molecule has 1 aliphatic carbocycles. The molecule has 1 aromatic heterocycles. The van der Waals surface area contributed by atoms with Crippen LogP contribution < -0.4 is 11.1 Å². The van der Waals surface area contributed by atoms with Gasteiger partial charge in [-0.05, 0) is 68.7 Å². The van der Waals surface area contributed by atoms with Crippen molar-refractivity contribution in [2.45, 2.75) is 52.0 Å². The third-order valence-electron chi connectivity index (χ3n) is 5.56. The van der Waals surface area contributed by atoms with Crippen molar-refractivity contribution in [3.63, 3.8) is 0 Å². The second kappa shape index (κ2) is 8.78. The number of benzene rings is 1. The highest BCUT2D eigenvalue weighted by atomic mass is 16.2. The predicted molar refractivity (Wildman–Crippen MR) is 113 cm³/mol. The second-order valence-electron chi connectivity index (χ2n) is 7.55. The largest absolute Gasteiger partial charge is 0.366 e. The molecule has 6 nitrogen and oxygen atoms in total. The molecule has 1 aliphatic rings. The number of amides is 2. The van der Waals surface area contributed by atoms with Crippen molar-refractivity contribution in [3.8, 4) is 6.07 Å². The van der Waals surface area contributed by atoms with Gasteiger partial charge in [0.05, 0.1) is 0 Å². The minimum atomic E-state index is -0.534. The highest BCUT2D eigenvalue weighted by Gasteiger charge is 2.20. The lowest BCUT2D eigenvalue weighted by Crippen LogP contribution is -2.15. The molecular weight excluding hydrogens is 364 g/mol. The van der Waals surface area contributed by atoms with Crippen LogP contribution in [-0.4, -0.2) is 16.4 Å². The van der Waals surface area contributed by atoms with Crippen LogP contribution in [0.15, 0.2) is 35.9 Å². The summed E-state index contributed by atoms with van der Waals surface area (Å²) in [5, 5.41) is 12.2. The number of anilines is 1. The van der Waals surface area contributed by atoms with Gasteiger partial charge in [-0.2, -0.15) is 5.26 Å². The van der Waals surface area contributed by atoms with Gasteiger partial charge >= 0.3 is 0 Å². The number of nitrogens with one attached hydrogen (secondary N) is 1. The summed E-state index contributed by atoms with van der Waals surface area (Å²) in [6.07, 6.45) is 7.77. The van der Waals surface area contributed by atoms with Crippen molar-refractivity contribution in [1.82, 2.24) is 4.57 Å². The Balaban J connectivity index is 1.81. The normalized spacial score (nSPS) is 15.0. The number of carbonyl (C=O) groups is 2. The first-order valence-electron chi connectivity index (χ1n) is 9.92. The summed E-state index contributed by atoms with van der Waals surface area (Å²) in [7, 11) is 0. The van der Waals surface area contributed by atoms with Crippen LogP contribution in [0, 0.1) is 25.2 Å². The van der Waals surface area contributed by atoms with Gasteiger partial charge in [0, 0.05) is 28.7 Å². The summed E-state index contributed by atoms with van der Waals surface area (Å²) < 4.78 is 2.35. The van der Waals surface area contributed by atoms with Crippen LogP contribution in [0.1, 0.15) is 65.5 Å². The molecule has 1 saturated carbocycles. The SMILES string of the molecule is Cc1cc(/C=C(\C#N)C(=O)Nc2ccc(C(N)=O)cc2)c(C)n1C1CCCCC1. The first-order valence-corrected chi connectivity index (χ1v) is 9.92. The zero-order chi connectivity index (χ0) is 21.0. The first kappa shape index (κ1) is 20.4. The highest BCUT2D eigenvalue weighted by molar-refractivity contribution is 6.09. The molecule has 0 radical (unpaired) electrons. The number of aromatic nitrogens is 1. The average Bonchev–Trinajstić information content (AvgIpc) is 3.00. The molecule has 0 atom stereocenters. The third-order valence-corrected chi connectivity index (χ3v) is 5.56. The molecule has 1 heterocycles. The van der Waals surface area contributed by atoms with Gasteiger partial charge in [0.1, 0.15) is 11.6 Å². The molecule has 1 fully saturated rings.